The summed E-state index contributed by atoms with van der Waals surface area (Å²) in [4.78, 5) is 24.0. The number of hydrogen-bond donors (Lipinski definition) is 2. The van der Waals surface area contributed by atoms with E-state index < -0.39 is 0 Å². The van der Waals surface area contributed by atoms with Crippen LogP contribution < -0.4 is 16.3 Å². The van der Waals surface area contributed by atoms with Crippen molar-refractivity contribution in [3.8, 4) is 0 Å². The molecule has 2 aromatic rings. The Kier molecular flexibility index (Phi) is 3.27. The summed E-state index contributed by atoms with van der Waals surface area (Å²) in [5, 5.41) is 7.22. The number of aryl methyl sites for hydroxylation is 1. The standard InChI is InChI=1S/C18H20N2O3/c1-11-8-16(21)23-15-9-12(2-3-13(11)15)20-17(22)14-10-18(14)4-6-19-7-5-18/h2-3,8-9,14,19H,4-7,10H2,1H3,(H,20,22). The van der Waals surface area contributed by atoms with Crippen LogP contribution in [0.2, 0.25) is 0 Å². The zero-order valence-electron chi connectivity index (χ0n) is 13.1. The van der Waals surface area contributed by atoms with Gasteiger partial charge in [-0.2, -0.15) is 0 Å². The predicted octanol–water partition coefficient (Wildman–Crippen LogP) is 2.43. The largest absolute Gasteiger partial charge is 0.423 e. The third-order valence-corrected chi connectivity index (χ3v) is 5.32. The van der Waals surface area contributed by atoms with E-state index in [0.717, 1.165) is 43.3 Å². The van der Waals surface area contributed by atoms with Gasteiger partial charge in [-0.05, 0) is 62.4 Å². The third-order valence-electron chi connectivity index (χ3n) is 5.32. The summed E-state index contributed by atoms with van der Waals surface area (Å²) in [5.74, 6) is 0.200. The molecule has 1 atom stereocenters. The number of fused-ring (bicyclic) bond motifs is 1. The fraction of sp³-hybridized carbons (Fsp3) is 0.444. The highest BCUT2D eigenvalue weighted by Crippen LogP contribution is 2.58. The second-order valence-corrected chi connectivity index (χ2v) is 6.82. The fourth-order valence-corrected chi connectivity index (χ4v) is 3.83. The minimum atomic E-state index is -0.366. The Hall–Kier alpha value is -2.14. The van der Waals surface area contributed by atoms with Gasteiger partial charge in [0.25, 0.3) is 0 Å². The topological polar surface area (TPSA) is 71.3 Å². The monoisotopic (exact) mass is 312 g/mol. The van der Waals surface area contributed by atoms with Crippen LogP contribution in [0.1, 0.15) is 24.8 Å². The molecule has 1 aliphatic carbocycles. The number of carbonyl (C=O) groups excluding carboxylic acids is 1. The normalized spacial score (nSPS) is 22.2. The molecule has 23 heavy (non-hydrogen) atoms. The molecule has 1 aromatic carbocycles. The molecule has 1 saturated carbocycles. The number of hydrogen-bond acceptors (Lipinski definition) is 4. The van der Waals surface area contributed by atoms with Crippen LogP contribution in [0.15, 0.2) is 33.5 Å². The molecule has 1 unspecified atom stereocenters. The van der Waals surface area contributed by atoms with Crippen molar-refractivity contribution in [3.63, 3.8) is 0 Å². The van der Waals surface area contributed by atoms with Gasteiger partial charge < -0.3 is 15.1 Å². The second-order valence-electron chi connectivity index (χ2n) is 6.82. The molecule has 1 saturated heterocycles. The summed E-state index contributed by atoms with van der Waals surface area (Å²) in [6.45, 7) is 3.89. The first kappa shape index (κ1) is 14.5. The van der Waals surface area contributed by atoms with Crippen LogP contribution in [0.5, 0.6) is 0 Å². The zero-order valence-corrected chi connectivity index (χ0v) is 13.1. The second kappa shape index (κ2) is 5.20. The Balaban J connectivity index is 1.54. The summed E-state index contributed by atoms with van der Waals surface area (Å²) in [5.41, 5.74) is 1.93. The fourth-order valence-electron chi connectivity index (χ4n) is 3.83. The van der Waals surface area contributed by atoms with Gasteiger partial charge in [0.1, 0.15) is 5.58 Å². The maximum absolute atomic E-state index is 12.5. The van der Waals surface area contributed by atoms with Crippen molar-refractivity contribution in [2.24, 2.45) is 11.3 Å². The number of rotatable bonds is 2. The first-order valence-electron chi connectivity index (χ1n) is 8.14. The molecule has 120 valence electrons. The summed E-state index contributed by atoms with van der Waals surface area (Å²) in [6, 6.07) is 6.96. The van der Waals surface area contributed by atoms with Crippen LogP contribution in [0.3, 0.4) is 0 Å². The van der Waals surface area contributed by atoms with Gasteiger partial charge in [-0.3, -0.25) is 4.79 Å². The van der Waals surface area contributed by atoms with E-state index in [-0.39, 0.29) is 22.9 Å². The van der Waals surface area contributed by atoms with Crippen molar-refractivity contribution in [1.29, 1.82) is 0 Å². The summed E-state index contributed by atoms with van der Waals surface area (Å²) in [6.07, 6.45) is 3.15. The molecule has 2 fully saturated rings. The van der Waals surface area contributed by atoms with Gasteiger partial charge >= 0.3 is 5.63 Å². The lowest BCUT2D eigenvalue weighted by molar-refractivity contribution is -0.118. The number of piperidine rings is 1. The number of anilines is 1. The molecule has 2 N–H and O–H groups in total. The molecular formula is C18H20N2O3. The molecule has 0 radical (unpaired) electrons. The van der Waals surface area contributed by atoms with E-state index in [1.165, 1.54) is 6.07 Å². The molecule has 1 spiro atoms. The lowest BCUT2D eigenvalue weighted by Crippen LogP contribution is -2.31. The lowest BCUT2D eigenvalue weighted by Gasteiger charge is -2.23. The van der Waals surface area contributed by atoms with Crippen molar-refractivity contribution in [2.45, 2.75) is 26.2 Å². The van der Waals surface area contributed by atoms with Gasteiger partial charge in [-0.25, -0.2) is 4.79 Å². The lowest BCUT2D eigenvalue weighted by atomic mass is 9.92. The highest BCUT2D eigenvalue weighted by molar-refractivity contribution is 5.97. The van der Waals surface area contributed by atoms with E-state index in [0.29, 0.717) is 11.3 Å². The molecule has 5 nitrogen and oxygen atoms in total. The van der Waals surface area contributed by atoms with Crippen LogP contribution in [0, 0.1) is 18.3 Å². The van der Waals surface area contributed by atoms with Gasteiger partial charge in [-0.15, -0.1) is 0 Å². The van der Waals surface area contributed by atoms with Crippen molar-refractivity contribution in [1.82, 2.24) is 5.32 Å². The minimum absolute atomic E-state index is 0.0845. The Morgan fingerprint density at radius 3 is 2.87 bits per heavy atom. The van der Waals surface area contributed by atoms with Gasteiger partial charge in [0.05, 0.1) is 0 Å². The van der Waals surface area contributed by atoms with Crippen molar-refractivity contribution in [3.05, 3.63) is 40.2 Å². The van der Waals surface area contributed by atoms with Crippen LogP contribution in [0.25, 0.3) is 11.0 Å². The van der Waals surface area contributed by atoms with E-state index in [4.69, 9.17) is 4.42 Å². The number of benzene rings is 1. The van der Waals surface area contributed by atoms with E-state index in [1.54, 1.807) is 6.07 Å². The Morgan fingerprint density at radius 1 is 1.30 bits per heavy atom. The van der Waals surface area contributed by atoms with Crippen molar-refractivity contribution >= 4 is 22.6 Å². The molecule has 1 aliphatic heterocycles. The molecule has 1 aromatic heterocycles. The highest BCUT2D eigenvalue weighted by Gasteiger charge is 2.57. The molecule has 5 heteroatoms. The minimum Gasteiger partial charge on any atom is -0.423 e. The molecule has 1 amide bonds. The predicted molar refractivity (Wildman–Crippen MR) is 88.5 cm³/mol. The van der Waals surface area contributed by atoms with Crippen molar-refractivity contribution in [2.75, 3.05) is 18.4 Å². The average Bonchev–Trinajstić information content (AvgIpc) is 3.20. The van der Waals surface area contributed by atoms with Crippen LogP contribution in [-0.2, 0) is 4.79 Å². The maximum Gasteiger partial charge on any atom is 0.336 e. The van der Waals surface area contributed by atoms with Crippen molar-refractivity contribution < 1.29 is 9.21 Å². The first-order valence-corrected chi connectivity index (χ1v) is 8.14. The smallest absolute Gasteiger partial charge is 0.336 e. The van der Waals surface area contributed by atoms with E-state index in [2.05, 4.69) is 10.6 Å². The van der Waals surface area contributed by atoms with E-state index in [9.17, 15) is 9.59 Å². The quantitative estimate of drug-likeness (QED) is 0.836. The third kappa shape index (κ3) is 2.55. The Bertz CT molecular complexity index is 834. The van der Waals surface area contributed by atoms with Gasteiger partial charge in [-0.1, -0.05) is 0 Å². The van der Waals surface area contributed by atoms with Gasteiger partial charge in [0.2, 0.25) is 5.91 Å². The van der Waals surface area contributed by atoms with Gasteiger partial charge in [0.15, 0.2) is 0 Å². The number of nitrogens with one attached hydrogen (secondary N) is 2. The molecule has 2 heterocycles. The number of carbonyl (C=O) groups is 1. The molecule has 2 aliphatic rings. The zero-order chi connectivity index (χ0) is 16.0. The highest BCUT2D eigenvalue weighted by atomic mass is 16.4. The van der Waals surface area contributed by atoms with Crippen LogP contribution in [-0.4, -0.2) is 19.0 Å². The molecular weight excluding hydrogens is 292 g/mol. The summed E-state index contributed by atoms with van der Waals surface area (Å²) < 4.78 is 5.24. The SMILES string of the molecule is Cc1cc(=O)oc2cc(NC(=O)C3CC34CCNCC4)ccc12. The summed E-state index contributed by atoms with van der Waals surface area (Å²) >= 11 is 0. The molecule has 4 rings (SSSR count). The summed E-state index contributed by atoms with van der Waals surface area (Å²) in [7, 11) is 0. The Labute approximate surface area is 134 Å². The number of amides is 1. The van der Waals surface area contributed by atoms with E-state index >= 15 is 0 Å². The van der Waals surface area contributed by atoms with E-state index in [1.807, 2.05) is 19.1 Å². The van der Waals surface area contributed by atoms with Crippen LogP contribution in [0.4, 0.5) is 5.69 Å². The average molecular weight is 312 g/mol. The van der Waals surface area contributed by atoms with Crippen LogP contribution >= 0.6 is 0 Å². The molecule has 0 bridgehead atoms. The Morgan fingerprint density at radius 2 is 2.09 bits per heavy atom. The maximum atomic E-state index is 12.5. The van der Waals surface area contributed by atoms with Gasteiger partial charge in [0, 0.05) is 29.1 Å². The first-order chi connectivity index (χ1) is 11.1.